The fourth-order valence-corrected chi connectivity index (χ4v) is 5.69. The predicted octanol–water partition coefficient (Wildman–Crippen LogP) is 7.23. The maximum Gasteiger partial charge on any atom is 0.123 e. The van der Waals surface area contributed by atoms with Crippen LogP contribution in [0.1, 0.15) is 55.2 Å². The first-order chi connectivity index (χ1) is 14.9. The molecule has 0 unspecified atom stereocenters. The number of fused-ring (bicyclic) bond motifs is 1. The molecular weight excluding hydrogens is 383 g/mol. The Labute approximate surface area is 185 Å². The second kappa shape index (κ2) is 7.85. The molecule has 2 saturated carbocycles. The first-order valence-electron chi connectivity index (χ1n) is 11.7. The van der Waals surface area contributed by atoms with Crippen molar-refractivity contribution in [1.29, 1.82) is 0 Å². The largest absolute Gasteiger partial charge is 0.388 e. The van der Waals surface area contributed by atoms with Gasteiger partial charge in [0.05, 0.1) is 0 Å². The molecule has 2 aliphatic rings. The van der Waals surface area contributed by atoms with Gasteiger partial charge in [0.25, 0.3) is 0 Å². The third kappa shape index (κ3) is 3.79. The summed E-state index contributed by atoms with van der Waals surface area (Å²) in [6.45, 7) is 12.0. The highest BCUT2D eigenvalue weighted by atomic mass is 19.1. The van der Waals surface area contributed by atoms with Crippen LogP contribution in [0.3, 0.4) is 0 Å². The van der Waals surface area contributed by atoms with E-state index in [1.54, 1.807) is 12.1 Å². The Morgan fingerprint density at radius 3 is 2.48 bits per heavy atom. The molecule has 1 heterocycles. The van der Waals surface area contributed by atoms with Crippen molar-refractivity contribution in [2.24, 2.45) is 17.8 Å². The van der Waals surface area contributed by atoms with Crippen LogP contribution in [0.15, 0.2) is 48.7 Å². The van der Waals surface area contributed by atoms with Crippen LogP contribution >= 0.6 is 0 Å². The van der Waals surface area contributed by atoms with E-state index in [1.807, 2.05) is 12.1 Å². The monoisotopic (exact) mass is 416 g/mol. The van der Waals surface area contributed by atoms with Crippen molar-refractivity contribution >= 4 is 10.9 Å². The van der Waals surface area contributed by atoms with Gasteiger partial charge in [0, 0.05) is 28.8 Å². The summed E-state index contributed by atoms with van der Waals surface area (Å²) in [5.74, 6) is 2.57. The maximum atomic E-state index is 13.5. The molecule has 0 aliphatic heterocycles. The number of nitrogens with one attached hydrogen (secondary N) is 2. The number of rotatable bonds is 6. The van der Waals surface area contributed by atoms with E-state index in [2.05, 4.69) is 49.8 Å². The summed E-state index contributed by atoms with van der Waals surface area (Å²) in [5.41, 5.74) is 8.66. The van der Waals surface area contributed by atoms with Gasteiger partial charge in [0.2, 0.25) is 0 Å². The topological polar surface area (TPSA) is 27.8 Å². The van der Waals surface area contributed by atoms with E-state index in [-0.39, 0.29) is 5.82 Å². The number of aromatic nitrogens is 1. The SMILES string of the molecule is C=C(NCC1CC(c2c(-c3ccc(F)cc3)[nH]c3c(C)cc(C)cc23)C1)C1CC(C)C1. The second-order valence-electron chi connectivity index (χ2n) is 10.1. The summed E-state index contributed by atoms with van der Waals surface area (Å²) in [6.07, 6.45) is 4.95. The molecule has 3 heteroatoms. The van der Waals surface area contributed by atoms with Gasteiger partial charge < -0.3 is 10.3 Å². The smallest absolute Gasteiger partial charge is 0.123 e. The molecule has 0 radical (unpaired) electrons. The van der Waals surface area contributed by atoms with Crippen LogP contribution in [0.25, 0.3) is 22.2 Å². The molecule has 2 N–H and O–H groups in total. The number of hydrogen-bond acceptors (Lipinski definition) is 1. The third-order valence-corrected chi connectivity index (χ3v) is 7.55. The number of hydrogen-bond donors (Lipinski definition) is 2. The highest BCUT2D eigenvalue weighted by Gasteiger charge is 2.35. The van der Waals surface area contributed by atoms with Gasteiger partial charge in [-0.3, -0.25) is 0 Å². The van der Waals surface area contributed by atoms with Gasteiger partial charge in [0.1, 0.15) is 5.82 Å². The molecule has 2 aliphatic carbocycles. The summed E-state index contributed by atoms with van der Waals surface area (Å²) >= 11 is 0. The highest BCUT2D eigenvalue weighted by Crippen LogP contribution is 2.48. The van der Waals surface area contributed by atoms with Crippen LogP contribution in [0.2, 0.25) is 0 Å². The molecule has 0 atom stereocenters. The van der Waals surface area contributed by atoms with Crippen LogP contribution in [0.5, 0.6) is 0 Å². The quantitative estimate of drug-likeness (QED) is 0.436. The number of aryl methyl sites for hydroxylation is 2. The van der Waals surface area contributed by atoms with Crippen molar-refractivity contribution in [3.63, 3.8) is 0 Å². The lowest BCUT2D eigenvalue weighted by molar-refractivity contribution is 0.223. The first-order valence-corrected chi connectivity index (χ1v) is 11.7. The standard InChI is InChI=1S/C28H33FN2/c1-16-9-18(3)27-25(12-16)26(28(31-27)21-5-7-24(29)8-6-21)23-13-20(14-23)15-30-19(4)22-10-17(2)11-22/h5-9,12,17,20,22-23,30-31H,4,10-11,13-15H2,1-3H3. The molecule has 0 saturated heterocycles. The minimum Gasteiger partial charge on any atom is -0.388 e. The molecular formula is C28H33FN2. The molecule has 0 bridgehead atoms. The Bertz CT molecular complexity index is 1110. The minimum atomic E-state index is -0.190. The molecule has 2 nitrogen and oxygen atoms in total. The van der Waals surface area contributed by atoms with Crippen molar-refractivity contribution in [3.8, 4) is 11.3 Å². The van der Waals surface area contributed by atoms with Gasteiger partial charge in [-0.1, -0.05) is 25.1 Å². The number of halogens is 1. The van der Waals surface area contributed by atoms with Crippen LogP contribution in [0.4, 0.5) is 4.39 Å². The van der Waals surface area contributed by atoms with Crippen molar-refractivity contribution in [3.05, 3.63) is 71.2 Å². The van der Waals surface area contributed by atoms with E-state index >= 15 is 0 Å². The van der Waals surface area contributed by atoms with Crippen molar-refractivity contribution in [2.75, 3.05) is 6.54 Å². The van der Waals surface area contributed by atoms with E-state index in [1.165, 1.54) is 59.0 Å². The van der Waals surface area contributed by atoms with Crippen LogP contribution in [-0.2, 0) is 0 Å². The second-order valence-corrected chi connectivity index (χ2v) is 10.1. The predicted molar refractivity (Wildman–Crippen MR) is 128 cm³/mol. The Morgan fingerprint density at radius 1 is 1.10 bits per heavy atom. The number of benzene rings is 2. The number of aromatic amines is 1. The summed E-state index contributed by atoms with van der Waals surface area (Å²) < 4.78 is 13.5. The Hall–Kier alpha value is -2.55. The normalized spacial score (nSPS) is 25.2. The average Bonchev–Trinajstić information content (AvgIpc) is 3.04. The van der Waals surface area contributed by atoms with Crippen LogP contribution < -0.4 is 5.32 Å². The van der Waals surface area contributed by atoms with Crippen molar-refractivity contribution in [1.82, 2.24) is 10.3 Å². The maximum absolute atomic E-state index is 13.5. The van der Waals surface area contributed by atoms with E-state index in [0.29, 0.717) is 17.8 Å². The Morgan fingerprint density at radius 2 is 1.81 bits per heavy atom. The van der Waals surface area contributed by atoms with Crippen molar-refractivity contribution < 1.29 is 4.39 Å². The fraction of sp³-hybridized carbons (Fsp3) is 0.429. The molecule has 2 fully saturated rings. The van der Waals surface area contributed by atoms with E-state index in [0.717, 1.165) is 23.7 Å². The molecule has 3 aromatic rings. The first kappa shape index (κ1) is 20.4. The zero-order valence-electron chi connectivity index (χ0n) is 18.9. The molecule has 162 valence electrons. The molecule has 0 spiro atoms. The lowest BCUT2D eigenvalue weighted by atomic mass is 9.69. The summed E-state index contributed by atoms with van der Waals surface area (Å²) in [4.78, 5) is 3.69. The molecule has 31 heavy (non-hydrogen) atoms. The molecule has 2 aromatic carbocycles. The summed E-state index contributed by atoms with van der Waals surface area (Å²) in [6, 6.07) is 11.5. The third-order valence-electron chi connectivity index (χ3n) is 7.55. The molecule has 5 rings (SSSR count). The fourth-order valence-electron chi connectivity index (χ4n) is 5.69. The summed E-state index contributed by atoms with van der Waals surface area (Å²) in [5, 5.41) is 4.97. The van der Waals surface area contributed by atoms with E-state index in [9.17, 15) is 4.39 Å². The van der Waals surface area contributed by atoms with Crippen LogP contribution in [-0.4, -0.2) is 11.5 Å². The summed E-state index contributed by atoms with van der Waals surface area (Å²) in [7, 11) is 0. The van der Waals surface area contributed by atoms with Gasteiger partial charge >= 0.3 is 0 Å². The van der Waals surface area contributed by atoms with Gasteiger partial charge in [-0.05, 0) is 110 Å². The number of H-pyrrole nitrogens is 1. The van der Waals surface area contributed by atoms with Gasteiger partial charge in [-0.15, -0.1) is 0 Å². The molecule has 0 amide bonds. The zero-order chi connectivity index (χ0) is 21.7. The van der Waals surface area contributed by atoms with Gasteiger partial charge in [0.15, 0.2) is 0 Å². The number of allylic oxidation sites excluding steroid dienone is 1. The Kier molecular flexibility index (Phi) is 5.16. The van der Waals surface area contributed by atoms with Gasteiger partial charge in [-0.25, -0.2) is 4.39 Å². The lowest BCUT2D eigenvalue weighted by Crippen LogP contribution is -2.35. The van der Waals surface area contributed by atoms with E-state index in [4.69, 9.17) is 0 Å². The van der Waals surface area contributed by atoms with Crippen LogP contribution in [0, 0.1) is 37.4 Å². The van der Waals surface area contributed by atoms with Crippen molar-refractivity contribution in [2.45, 2.75) is 52.4 Å². The lowest BCUT2D eigenvalue weighted by Gasteiger charge is -2.39. The zero-order valence-corrected chi connectivity index (χ0v) is 18.9. The minimum absolute atomic E-state index is 0.190. The van der Waals surface area contributed by atoms with E-state index < -0.39 is 0 Å². The molecule has 1 aromatic heterocycles. The van der Waals surface area contributed by atoms with Gasteiger partial charge in [-0.2, -0.15) is 0 Å². The average molecular weight is 417 g/mol. The Balaban J connectivity index is 1.37. The highest BCUT2D eigenvalue weighted by molar-refractivity contribution is 5.94.